The average molecular weight is 1550 g/mol. The molecule has 0 bridgehead atoms. The lowest BCUT2D eigenvalue weighted by atomic mass is 9.85. The Morgan fingerprint density at radius 1 is 0.667 bits per heavy atom. The Morgan fingerprint density at radius 3 is 2.00 bits per heavy atom. The highest BCUT2D eigenvalue weighted by Crippen LogP contribution is 2.53. The second-order valence-corrected chi connectivity index (χ2v) is 29.5. The number of hydrogen-bond acceptors (Lipinski definition) is 36. The van der Waals surface area contributed by atoms with Gasteiger partial charge in [0.05, 0.1) is 87.5 Å². The molecule has 39 heteroatoms. The van der Waals surface area contributed by atoms with Gasteiger partial charge >= 0.3 is 11.9 Å². The van der Waals surface area contributed by atoms with Crippen LogP contribution in [-0.2, 0) is 123 Å². The Kier molecular flexibility index (Phi) is 24.8. The molecule has 2 unspecified atom stereocenters. The Balaban J connectivity index is 0.698. The molecule has 2 spiro atoms. The van der Waals surface area contributed by atoms with Gasteiger partial charge in [0.2, 0.25) is 0 Å². The van der Waals surface area contributed by atoms with Gasteiger partial charge in [0.15, 0.2) is 67.6 Å². The Hall–Kier alpha value is -2.93. The zero-order chi connectivity index (χ0) is 76.1. The molecule has 36 atom stereocenters. The number of halogens is 2. The van der Waals surface area contributed by atoms with Crippen LogP contribution >= 0.6 is 23.2 Å². The highest BCUT2D eigenvalue weighted by atomic mass is 35.5. The fourth-order valence-corrected chi connectivity index (χ4v) is 17.1. The summed E-state index contributed by atoms with van der Waals surface area (Å²) in [6.07, 6.45) is -38.0. The molecule has 12 rings (SSSR count). The number of phenolic OH excluding ortho intramolecular Hbond substituents is 1. The molecule has 11 saturated heterocycles. The Morgan fingerprint density at radius 2 is 1.34 bits per heavy atom. The number of aromatic hydroxyl groups is 1. The summed E-state index contributed by atoms with van der Waals surface area (Å²) < 4.78 is 167. The van der Waals surface area contributed by atoms with E-state index in [9.17, 15) is 45.5 Å². The third-order valence-electron chi connectivity index (χ3n) is 22.2. The van der Waals surface area contributed by atoms with Crippen LogP contribution in [0.1, 0.15) is 90.6 Å². The highest BCUT2D eigenvalue weighted by molar-refractivity contribution is 6.39. The highest BCUT2D eigenvalue weighted by Gasteiger charge is 2.72. The molecule has 0 saturated carbocycles. The molecular weight excluding hydrogens is 1450 g/mol. The number of ether oxygens (including phenoxy) is 27. The van der Waals surface area contributed by atoms with Crippen molar-refractivity contribution in [1.29, 1.82) is 0 Å². The number of esters is 1. The van der Waals surface area contributed by atoms with Crippen LogP contribution < -0.4 is 4.74 Å². The molecule has 6 N–H and O–H groups in total. The SMILES string of the molecule is COC[C@H]1O[C@@H](O[C@@H]2OC[C@@H]3O[C@@]4(OC[C@@](O)([C@H](C)OC)C5OCO[C@H]54)O[C@H]3[C@H]2OC)[C@@H](OC)[C@@H](O)[C@@H]1O[C@@H]1O[C@H](C)[C@H](OC)[C@H](O[C@@H]2O[C@H](C)[C@H]3OC4(C[C@@H](O)[C@H](O[C@H]5C[C@@H](O[C@H]6C[C@](C)([N+](=O)[O-])[C@@H](OC)[C@H](C)O6)[C@H](OC(=O)c6c(C)c(Cl)c(O)c(Cl)c6OC)[C@@H](C)O5)[C@@H](C)O4)O[C@]3(C)[C@@H]2O)[C@H]1O. The van der Waals surface area contributed by atoms with Crippen molar-refractivity contribution in [2.75, 3.05) is 76.4 Å². The summed E-state index contributed by atoms with van der Waals surface area (Å²) in [7, 11) is 9.53. The maximum absolute atomic E-state index is 14.3. The van der Waals surface area contributed by atoms with Gasteiger partial charge < -0.3 is 159 Å². The monoisotopic (exact) mass is 1550 g/mol. The van der Waals surface area contributed by atoms with Crippen molar-refractivity contribution >= 4 is 29.2 Å². The Labute approximate surface area is 615 Å². The van der Waals surface area contributed by atoms with Crippen LogP contribution in [0.25, 0.3) is 0 Å². The molecule has 0 aliphatic carbocycles. The van der Waals surface area contributed by atoms with Gasteiger partial charge in [0.1, 0.15) is 120 Å². The molecular formula is C66H99Cl2NO36. The minimum absolute atomic E-state index is 0.0785. The predicted octanol–water partition coefficient (Wildman–Crippen LogP) is 0.737. The van der Waals surface area contributed by atoms with Crippen molar-refractivity contribution in [1.82, 2.24) is 0 Å². The number of methoxy groups -OCH3 is 7. The second kappa shape index (κ2) is 31.9. The number of phenols is 1. The van der Waals surface area contributed by atoms with Crippen LogP contribution in [0.4, 0.5) is 0 Å². The molecule has 0 aromatic heterocycles. The van der Waals surface area contributed by atoms with Crippen molar-refractivity contribution < 1.29 is 168 Å². The van der Waals surface area contributed by atoms with Gasteiger partial charge in [-0.2, -0.15) is 0 Å². The number of carbonyl (C=O) groups is 1. The predicted molar refractivity (Wildman–Crippen MR) is 345 cm³/mol. The second-order valence-electron chi connectivity index (χ2n) is 28.8. The standard InChI is InChI=1S/C66H99Cl2NO36/c1-24-37(48(82-13)39(68)40(71)38(24)67)57(75)97-44-25(2)90-35(17-32(44)94-36-19-62(8,69(77)78)53(85-16)28(5)91-36)96-43-27(4)101-65(18-31(43)70)104-54-29(6)93-61(52(74)63(54,9)105-65)99-49-42(73)58(92-26(3)45(49)81-12)98-46-33(20-79-10)95-60(50(83-14)41(46)72)100-59-51(84-15)47-34(21-86-59)102-66(103-47)56-55(87-23-88-56)64(76,22-89-66)30(7)80-11/h25-36,41-47,49-56,58-61,70-74,76H,17-23H2,1-16H3/t25-,26-,27-,28+,29-,30+,31-,32-,33-,34+,35+,36+,41+,42-,43-,44-,45+,46-,47-,49-,50+,51-,52-,53+,54-,55?,56-,58+,59+,60+,61+,62+,63-,64-,65?,66-/m1/s1. The van der Waals surface area contributed by atoms with Crippen LogP contribution in [0.3, 0.4) is 0 Å². The molecule has 1 aromatic rings. The summed E-state index contributed by atoms with van der Waals surface area (Å²) in [5.74, 6) is -5.64. The Bertz CT molecular complexity index is 3180. The van der Waals surface area contributed by atoms with E-state index in [2.05, 4.69) is 0 Å². The normalized spacial score (nSPS) is 48.7. The summed E-state index contributed by atoms with van der Waals surface area (Å²) in [6, 6.07) is 0. The number of nitrogens with zero attached hydrogens (tertiary/aromatic N) is 1. The van der Waals surface area contributed by atoms with E-state index in [1.807, 2.05) is 0 Å². The first-order valence-electron chi connectivity index (χ1n) is 34.9. The summed E-state index contributed by atoms with van der Waals surface area (Å²) in [5, 5.41) is 83.5. The van der Waals surface area contributed by atoms with Crippen LogP contribution in [0.5, 0.6) is 11.5 Å². The van der Waals surface area contributed by atoms with Crippen molar-refractivity contribution in [3.05, 3.63) is 31.3 Å². The number of aliphatic hydroxyl groups excluding tert-OH is 4. The molecule has 37 nitrogen and oxygen atoms in total. The fourth-order valence-electron chi connectivity index (χ4n) is 16.6. The largest absolute Gasteiger partial charge is 0.505 e. The van der Waals surface area contributed by atoms with Crippen LogP contribution in [-0.4, -0.2) is 337 Å². The van der Waals surface area contributed by atoms with Gasteiger partial charge in [-0.1, -0.05) is 23.2 Å². The van der Waals surface area contributed by atoms with Crippen LogP contribution in [0, 0.1) is 17.0 Å². The first kappa shape index (κ1) is 81.6. The summed E-state index contributed by atoms with van der Waals surface area (Å²) in [6.45, 7) is 13.3. The van der Waals surface area contributed by atoms with E-state index in [4.69, 9.17) is 151 Å². The molecule has 0 amide bonds. The van der Waals surface area contributed by atoms with Gasteiger partial charge in [-0.05, 0) is 61.0 Å². The first-order chi connectivity index (χ1) is 49.7. The van der Waals surface area contributed by atoms with E-state index in [-0.39, 0.29) is 66.4 Å². The van der Waals surface area contributed by atoms with E-state index < -0.39 is 242 Å². The lowest BCUT2D eigenvalue weighted by Gasteiger charge is -2.50. The number of benzene rings is 1. The third-order valence-corrected chi connectivity index (χ3v) is 23.0. The van der Waals surface area contributed by atoms with E-state index in [1.54, 1.807) is 48.5 Å². The molecule has 11 aliphatic rings. The van der Waals surface area contributed by atoms with Crippen LogP contribution in [0.2, 0.25) is 10.0 Å². The summed E-state index contributed by atoms with van der Waals surface area (Å²) in [4.78, 5) is 26.5. The molecule has 11 aliphatic heterocycles. The van der Waals surface area contributed by atoms with Gasteiger partial charge in [-0.25, -0.2) is 4.79 Å². The van der Waals surface area contributed by atoms with Gasteiger partial charge in [0, 0.05) is 60.9 Å². The zero-order valence-electron chi connectivity index (χ0n) is 61.0. The fraction of sp³-hybridized carbons (Fsp3) is 0.894. The maximum Gasteiger partial charge on any atom is 0.342 e. The lowest BCUT2D eigenvalue weighted by molar-refractivity contribution is -0.595. The number of rotatable bonds is 22. The third kappa shape index (κ3) is 14.7. The molecule has 1 aromatic carbocycles. The van der Waals surface area contributed by atoms with E-state index in [1.165, 1.54) is 63.6 Å². The van der Waals surface area contributed by atoms with E-state index in [0.717, 1.165) is 0 Å². The maximum atomic E-state index is 14.3. The smallest absolute Gasteiger partial charge is 0.342 e. The number of nitro groups is 1. The zero-order valence-corrected chi connectivity index (χ0v) is 62.5. The lowest BCUT2D eigenvalue weighted by Crippen LogP contribution is -2.69. The number of aliphatic hydroxyl groups is 5. The van der Waals surface area contributed by atoms with Gasteiger partial charge in [0.25, 0.3) is 11.5 Å². The molecule has 105 heavy (non-hydrogen) atoms. The van der Waals surface area contributed by atoms with E-state index in [0.29, 0.717) is 0 Å². The van der Waals surface area contributed by atoms with Gasteiger partial charge in [-0.3, -0.25) is 10.1 Å². The van der Waals surface area contributed by atoms with Crippen molar-refractivity contribution in [3.8, 4) is 11.5 Å². The molecule has 11 heterocycles. The average Bonchev–Trinajstić information content (AvgIpc) is 1.57. The minimum Gasteiger partial charge on any atom is -0.505 e. The quantitative estimate of drug-likeness (QED) is 0.0529. The van der Waals surface area contributed by atoms with Gasteiger partial charge in [-0.15, -0.1) is 0 Å². The topological polar surface area (TPSA) is 431 Å². The molecule has 0 radical (unpaired) electrons. The first-order valence-corrected chi connectivity index (χ1v) is 35.6. The number of fused-ring (bicyclic) bond motifs is 4. The number of hydrogen-bond donors (Lipinski definition) is 6. The van der Waals surface area contributed by atoms with Crippen LogP contribution in [0.15, 0.2) is 0 Å². The molecule has 598 valence electrons. The van der Waals surface area contributed by atoms with Crippen molar-refractivity contribution in [3.63, 3.8) is 0 Å². The summed E-state index contributed by atoms with van der Waals surface area (Å²) in [5.41, 5.74) is -5.16. The summed E-state index contributed by atoms with van der Waals surface area (Å²) >= 11 is 12.8. The van der Waals surface area contributed by atoms with Crippen molar-refractivity contribution in [2.45, 2.75) is 301 Å². The van der Waals surface area contributed by atoms with E-state index >= 15 is 0 Å². The molecule has 11 fully saturated rings. The van der Waals surface area contributed by atoms with Crippen molar-refractivity contribution in [2.24, 2.45) is 0 Å². The number of carbonyl (C=O) groups excluding carboxylic acids is 1. The minimum atomic E-state index is -2.04.